The summed E-state index contributed by atoms with van der Waals surface area (Å²) in [5, 5.41) is 6.48. The zero-order chi connectivity index (χ0) is 13.4. The summed E-state index contributed by atoms with van der Waals surface area (Å²) in [6.45, 7) is 5.56. The number of guanidine groups is 1. The van der Waals surface area contributed by atoms with Crippen LogP contribution in [0.4, 0.5) is 0 Å². The Balaban J connectivity index is 0.00000324. The molecule has 0 atom stereocenters. The van der Waals surface area contributed by atoms with Crippen LogP contribution in [-0.4, -0.2) is 45.8 Å². The van der Waals surface area contributed by atoms with Crippen molar-refractivity contribution in [2.75, 3.05) is 25.4 Å². The van der Waals surface area contributed by atoms with Gasteiger partial charge in [-0.15, -0.1) is 24.0 Å². The van der Waals surface area contributed by atoms with Crippen molar-refractivity contribution in [2.45, 2.75) is 39.2 Å². The van der Waals surface area contributed by atoms with Crippen LogP contribution in [0.15, 0.2) is 4.99 Å². The molecule has 0 aromatic heterocycles. The second-order valence-electron chi connectivity index (χ2n) is 4.33. The SMILES string of the molecule is CCNC(=NCCCNS(=O)(=O)CC)NC1CC1.I. The minimum absolute atomic E-state index is 0. The lowest BCUT2D eigenvalue weighted by atomic mass is 10.4. The first kappa shape index (κ1) is 18.9. The molecular formula is C11H25IN4O2S. The Morgan fingerprint density at radius 2 is 2.00 bits per heavy atom. The predicted molar refractivity (Wildman–Crippen MR) is 89.6 cm³/mol. The van der Waals surface area contributed by atoms with E-state index in [1.807, 2.05) is 6.92 Å². The van der Waals surface area contributed by atoms with E-state index in [-0.39, 0.29) is 29.7 Å². The molecule has 3 N–H and O–H groups in total. The van der Waals surface area contributed by atoms with Crippen LogP contribution in [0, 0.1) is 0 Å². The van der Waals surface area contributed by atoms with Gasteiger partial charge in [-0.2, -0.15) is 0 Å². The van der Waals surface area contributed by atoms with Crippen molar-refractivity contribution in [2.24, 2.45) is 4.99 Å². The Bertz CT molecular complexity index is 369. The summed E-state index contributed by atoms with van der Waals surface area (Å²) in [7, 11) is -3.07. The summed E-state index contributed by atoms with van der Waals surface area (Å²) in [5.41, 5.74) is 0. The topological polar surface area (TPSA) is 82.6 Å². The highest BCUT2D eigenvalue weighted by molar-refractivity contribution is 14.0. The van der Waals surface area contributed by atoms with Crippen molar-refractivity contribution in [1.82, 2.24) is 15.4 Å². The molecule has 1 saturated carbocycles. The van der Waals surface area contributed by atoms with E-state index in [1.165, 1.54) is 12.8 Å². The van der Waals surface area contributed by atoms with E-state index in [1.54, 1.807) is 6.92 Å². The maximum atomic E-state index is 11.2. The number of halogens is 1. The van der Waals surface area contributed by atoms with Crippen LogP contribution in [0.25, 0.3) is 0 Å². The maximum absolute atomic E-state index is 11.2. The van der Waals surface area contributed by atoms with Gasteiger partial charge < -0.3 is 10.6 Å². The zero-order valence-electron chi connectivity index (χ0n) is 11.6. The molecule has 1 aliphatic rings. The fraction of sp³-hybridized carbons (Fsp3) is 0.909. The molecule has 1 rings (SSSR count). The van der Waals surface area contributed by atoms with Crippen LogP contribution in [-0.2, 0) is 10.0 Å². The fourth-order valence-electron chi connectivity index (χ4n) is 1.34. The fourth-order valence-corrected chi connectivity index (χ4v) is 2.00. The van der Waals surface area contributed by atoms with Crippen molar-refractivity contribution in [3.63, 3.8) is 0 Å². The molecule has 0 radical (unpaired) electrons. The summed E-state index contributed by atoms with van der Waals surface area (Å²) in [6, 6.07) is 0.571. The normalized spacial score (nSPS) is 15.8. The Morgan fingerprint density at radius 1 is 1.32 bits per heavy atom. The molecule has 0 unspecified atom stereocenters. The van der Waals surface area contributed by atoms with Gasteiger partial charge in [0, 0.05) is 25.7 Å². The Kier molecular flexibility index (Phi) is 9.71. The van der Waals surface area contributed by atoms with Crippen molar-refractivity contribution < 1.29 is 8.42 Å². The standard InChI is InChI=1S/C11H24N4O2S.HI/c1-3-12-11(15-10-6-7-10)13-8-5-9-14-18(16,17)4-2;/h10,14H,3-9H2,1-2H3,(H2,12,13,15);1H. The van der Waals surface area contributed by atoms with E-state index in [0.717, 1.165) is 12.5 Å². The van der Waals surface area contributed by atoms with Gasteiger partial charge >= 0.3 is 0 Å². The molecule has 0 spiro atoms. The number of nitrogens with zero attached hydrogens (tertiary/aromatic N) is 1. The average molecular weight is 404 g/mol. The summed E-state index contributed by atoms with van der Waals surface area (Å²) < 4.78 is 24.9. The molecule has 19 heavy (non-hydrogen) atoms. The van der Waals surface area contributed by atoms with Crippen LogP contribution in [0.5, 0.6) is 0 Å². The number of rotatable bonds is 8. The van der Waals surface area contributed by atoms with E-state index in [2.05, 4.69) is 20.3 Å². The predicted octanol–water partition coefficient (Wildman–Crippen LogP) is 0.651. The molecular weight excluding hydrogens is 379 g/mol. The third-order valence-electron chi connectivity index (χ3n) is 2.57. The first-order valence-electron chi connectivity index (χ1n) is 6.59. The molecule has 0 bridgehead atoms. The highest BCUT2D eigenvalue weighted by Crippen LogP contribution is 2.18. The summed E-state index contributed by atoms with van der Waals surface area (Å²) in [6.07, 6.45) is 3.13. The van der Waals surface area contributed by atoms with Crippen molar-refractivity contribution in [3.8, 4) is 0 Å². The van der Waals surface area contributed by atoms with Gasteiger partial charge in [0.25, 0.3) is 0 Å². The van der Waals surface area contributed by atoms with Crippen molar-refractivity contribution >= 4 is 40.0 Å². The number of sulfonamides is 1. The van der Waals surface area contributed by atoms with Gasteiger partial charge in [0.1, 0.15) is 0 Å². The Labute approximate surface area is 133 Å². The first-order valence-corrected chi connectivity index (χ1v) is 8.24. The Morgan fingerprint density at radius 3 is 2.53 bits per heavy atom. The van der Waals surface area contributed by atoms with Gasteiger partial charge in [-0.25, -0.2) is 13.1 Å². The van der Waals surface area contributed by atoms with Gasteiger partial charge in [0.15, 0.2) is 5.96 Å². The molecule has 0 saturated heterocycles. The maximum Gasteiger partial charge on any atom is 0.211 e. The second kappa shape index (κ2) is 9.76. The lowest BCUT2D eigenvalue weighted by molar-refractivity contribution is 0.581. The van der Waals surface area contributed by atoms with Gasteiger partial charge in [0.05, 0.1) is 5.75 Å². The molecule has 1 fully saturated rings. The first-order chi connectivity index (χ1) is 8.57. The minimum atomic E-state index is -3.07. The molecule has 0 aliphatic heterocycles. The highest BCUT2D eigenvalue weighted by Gasteiger charge is 2.21. The van der Waals surface area contributed by atoms with Crippen molar-refractivity contribution in [1.29, 1.82) is 0 Å². The van der Waals surface area contributed by atoms with Crippen LogP contribution < -0.4 is 15.4 Å². The smallest absolute Gasteiger partial charge is 0.211 e. The monoisotopic (exact) mass is 404 g/mol. The lowest BCUT2D eigenvalue weighted by Gasteiger charge is -2.10. The van der Waals surface area contributed by atoms with E-state index < -0.39 is 10.0 Å². The van der Waals surface area contributed by atoms with E-state index in [0.29, 0.717) is 25.6 Å². The number of hydrogen-bond donors (Lipinski definition) is 3. The summed E-state index contributed by atoms with van der Waals surface area (Å²) in [5.74, 6) is 0.959. The van der Waals surface area contributed by atoms with Crippen LogP contribution in [0.2, 0.25) is 0 Å². The molecule has 0 aromatic carbocycles. The molecule has 8 heteroatoms. The van der Waals surface area contributed by atoms with Crippen LogP contribution >= 0.6 is 24.0 Å². The minimum Gasteiger partial charge on any atom is -0.357 e. The molecule has 6 nitrogen and oxygen atoms in total. The number of nitrogens with one attached hydrogen (secondary N) is 3. The van der Waals surface area contributed by atoms with E-state index in [9.17, 15) is 8.42 Å². The number of hydrogen-bond acceptors (Lipinski definition) is 3. The average Bonchev–Trinajstić information content (AvgIpc) is 3.12. The Hall–Kier alpha value is -0.0900. The van der Waals surface area contributed by atoms with Gasteiger partial charge in [-0.05, 0) is 33.1 Å². The van der Waals surface area contributed by atoms with Crippen LogP contribution in [0.3, 0.4) is 0 Å². The highest BCUT2D eigenvalue weighted by atomic mass is 127. The summed E-state index contributed by atoms with van der Waals surface area (Å²) >= 11 is 0. The quantitative estimate of drug-likeness (QED) is 0.240. The van der Waals surface area contributed by atoms with E-state index >= 15 is 0 Å². The molecule has 114 valence electrons. The summed E-state index contributed by atoms with van der Waals surface area (Å²) in [4.78, 5) is 4.40. The van der Waals surface area contributed by atoms with E-state index in [4.69, 9.17) is 0 Å². The third-order valence-corrected chi connectivity index (χ3v) is 3.97. The molecule has 1 aliphatic carbocycles. The van der Waals surface area contributed by atoms with Crippen LogP contribution in [0.1, 0.15) is 33.1 Å². The molecule has 0 amide bonds. The molecule has 0 heterocycles. The van der Waals surface area contributed by atoms with Gasteiger partial charge in [-0.1, -0.05) is 0 Å². The number of aliphatic imine (C=N–C) groups is 1. The zero-order valence-corrected chi connectivity index (χ0v) is 14.8. The third kappa shape index (κ3) is 9.44. The largest absolute Gasteiger partial charge is 0.357 e. The lowest BCUT2D eigenvalue weighted by Crippen LogP contribution is -2.38. The van der Waals surface area contributed by atoms with Gasteiger partial charge in [-0.3, -0.25) is 4.99 Å². The molecule has 0 aromatic rings. The van der Waals surface area contributed by atoms with Gasteiger partial charge in [0.2, 0.25) is 10.0 Å². The second-order valence-corrected chi connectivity index (χ2v) is 6.43. The van der Waals surface area contributed by atoms with Crippen molar-refractivity contribution in [3.05, 3.63) is 0 Å².